The molecule has 1 heterocycles. The van der Waals surface area contributed by atoms with Crippen molar-refractivity contribution in [1.82, 2.24) is 9.97 Å². The number of aryl methyl sites for hydroxylation is 1. The van der Waals surface area contributed by atoms with Gasteiger partial charge < -0.3 is 0 Å². The van der Waals surface area contributed by atoms with E-state index in [9.17, 15) is 0 Å². The molecule has 1 aromatic carbocycles. The van der Waals surface area contributed by atoms with Crippen LogP contribution in [-0.2, 0) is 5.75 Å². The number of thioether (sulfide) groups is 1. The maximum absolute atomic E-state index is 4.54. The Morgan fingerprint density at radius 3 is 2.11 bits per heavy atom. The van der Waals surface area contributed by atoms with Crippen LogP contribution in [0.25, 0.3) is 11.4 Å². The molecular weight excluding hydrogens is 252 g/mol. The summed E-state index contributed by atoms with van der Waals surface area (Å²) in [4.78, 5) is 9.07. The molecule has 3 heteroatoms. The predicted octanol–water partition coefficient (Wildman–Crippen LogP) is 4.18. The normalized spacial score (nSPS) is 10.8. The van der Waals surface area contributed by atoms with Crippen LogP contribution in [0.3, 0.4) is 0 Å². The van der Waals surface area contributed by atoms with Crippen molar-refractivity contribution >= 4 is 11.8 Å². The van der Waals surface area contributed by atoms with Crippen LogP contribution in [0.5, 0.6) is 0 Å². The Kier molecular flexibility index (Phi) is 3.47. The molecule has 0 aromatic heterocycles. The number of hydrogen-bond donors (Lipinski definition) is 0. The number of nitrogens with zero attached hydrogens (tertiary/aromatic N) is 2. The van der Waals surface area contributed by atoms with Gasteiger partial charge in [0, 0.05) is 5.75 Å². The second kappa shape index (κ2) is 5.41. The monoisotopic (exact) mass is 266 g/mol. The third-order valence-electron chi connectivity index (χ3n) is 2.91. The fourth-order valence-electron chi connectivity index (χ4n) is 1.85. The Morgan fingerprint density at radius 2 is 1.47 bits per heavy atom. The van der Waals surface area contributed by atoms with E-state index in [1.807, 2.05) is 30.3 Å². The van der Waals surface area contributed by atoms with Gasteiger partial charge in [0.15, 0.2) is 5.16 Å². The lowest BCUT2D eigenvalue weighted by atomic mass is 10.2. The van der Waals surface area contributed by atoms with Crippen molar-refractivity contribution in [3.8, 4) is 11.4 Å². The van der Waals surface area contributed by atoms with Crippen LogP contribution >= 0.6 is 11.8 Å². The maximum Gasteiger partial charge on any atom is 0.189 e. The smallest absolute Gasteiger partial charge is 0.189 e. The Balaban J connectivity index is 1.75. The summed E-state index contributed by atoms with van der Waals surface area (Å²) >= 11 is 1.68. The number of aromatic nitrogens is 2. The van der Waals surface area contributed by atoms with Crippen LogP contribution in [0.4, 0.5) is 0 Å². The van der Waals surface area contributed by atoms with Gasteiger partial charge in [-0.05, 0) is 24.6 Å². The Hall–Kier alpha value is -1.87. The average Bonchev–Trinajstić information content (AvgIpc) is 2.68. The van der Waals surface area contributed by atoms with Gasteiger partial charge in [0.05, 0.1) is 11.4 Å². The first-order chi connectivity index (χ1) is 9.31. The molecule has 0 unspecified atom stereocenters. The highest BCUT2D eigenvalue weighted by Crippen LogP contribution is 2.25. The van der Waals surface area contributed by atoms with E-state index in [4.69, 9.17) is 0 Å². The second-order valence-electron chi connectivity index (χ2n) is 4.46. The molecule has 0 radical (unpaired) electrons. The molecule has 1 aromatic rings. The first-order valence-corrected chi connectivity index (χ1v) is 7.21. The molecule has 2 aliphatic rings. The van der Waals surface area contributed by atoms with Crippen molar-refractivity contribution in [3.05, 3.63) is 65.7 Å². The van der Waals surface area contributed by atoms with Crippen LogP contribution < -0.4 is 0 Å². The molecule has 19 heavy (non-hydrogen) atoms. The summed E-state index contributed by atoms with van der Waals surface area (Å²) < 4.78 is 0. The molecule has 0 amide bonds. The van der Waals surface area contributed by atoms with E-state index in [0.717, 1.165) is 22.3 Å². The second-order valence-corrected chi connectivity index (χ2v) is 5.40. The molecule has 0 bridgehead atoms. The molecule has 94 valence electrons. The van der Waals surface area contributed by atoms with Gasteiger partial charge in [-0.3, -0.25) is 0 Å². The van der Waals surface area contributed by atoms with Crippen molar-refractivity contribution in [2.45, 2.75) is 17.8 Å². The standard InChI is InChI=1S/C16H14N2S/c1-12-7-9-13(10-8-12)11-19-16-17-14-5-3-2-4-6-15(14)18-16/h2-10H,11H2,1H3. The molecule has 2 nitrogen and oxygen atoms in total. The van der Waals surface area contributed by atoms with Crippen LogP contribution in [0.15, 0.2) is 59.8 Å². The van der Waals surface area contributed by atoms with E-state index in [0.29, 0.717) is 0 Å². The highest BCUT2D eigenvalue weighted by Gasteiger charge is 2.08. The summed E-state index contributed by atoms with van der Waals surface area (Å²) in [5.74, 6) is 0.905. The van der Waals surface area contributed by atoms with Crippen molar-refractivity contribution < 1.29 is 0 Å². The van der Waals surface area contributed by atoms with Crippen LogP contribution in [-0.4, -0.2) is 9.97 Å². The lowest BCUT2D eigenvalue weighted by Crippen LogP contribution is -1.82. The third-order valence-corrected chi connectivity index (χ3v) is 3.83. The largest absolute Gasteiger partial charge is 0.221 e. The highest BCUT2D eigenvalue weighted by atomic mass is 32.2. The summed E-state index contributed by atoms with van der Waals surface area (Å²) in [6, 6.07) is 18.6. The molecular formula is C16H14N2S. The van der Waals surface area contributed by atoms with E-state index in [1.54, 1.807) is 11.8 Å². The number of fused-ring (bicyclic) bond motifs is 1. The molecule has 0 saturated carbocycles. The molecule has 0 spiro atoms. The highest BCUT2D eigenvalue weighted by molar-refractivity contribution is 7.98. The molecule has 0 atom stereocenters. The minimum absolute atomic E-state index is 0.849. The van der Waals surface area contributed by atoms with Gasteiger partial charge in [-0.15, -0.1) is 0 Å². The fourth-order valence-corrected chi connectivity index (χ4v) is 2.66. The molecule has 3 rings (SSSR count). The quantitative estimate of drug-likeness (QED) is 0.665. The maximum atomic E-state index is 4.54. The van der Waals surface area contributed by atoms with Gasteiger partial charge in [0.2, 0.25) is 0 Å². The Bertz CT molecular complexity index is 618. The van der Waals surface area contributed by atoms with Crippen LogP contribution in [0, 0.1) is 6.92 Å². The van der Waals surface area contributed by atoms with Gasteiger partial charge in [-0.25, -0.2) is 9.97 Å². The van der Waals surface area contributed by atoms with E-state index in [2.05, 4.69) is 41.2 Å². The number of hydrogen-bond acceptors (Lipinski definition) is 3. The van der Waals surface area contributed by atoms with E-state index < -0.39 is 0 Å². The molecule has 0 saturated heterocycles. The predicted molar refractivity (Wildman–Crippen MR) is 79.4 cm³/mol. The van der Waals surface area contributed by atoms with Gasteiger partial charge in [-0.1, -0.05) is 59.8 Å². The lowest BCUT2D eigenvalue weighted by molar-refractivity contribution is 1.07. The topological polar surface area (TPSA) is 25.8 Å². The van der Waals surface area contributed by atoms with Gasteiger partial charge >= 0.3 is 0 Å². The summed E-state index contributed by atoms with van der Waals surface area (Å²) in [7, 11) is 0. The molecule has 0 N–H and O–H groups in total. The van der Waals surface area contributed by atoms with E-state index in [-0.39, 0.29) is 0 Å². The minimum Gasteiger partial charge on any atom is -0.221 e. The van der Waals surface area contributed by atoms with Crippen molar-refractivity contribution in [2.24, 2.45) is 0 Å². The van der Waals surface area contributed by atoms with Gasteiger partial charge in [0.25, 0.3) is 0 Å². The zero-order valence-corrected chi connectivity index (χ0v) is 11.5. The summed E-state index contributed by atoms with van der Waals surface area (Å²) in [5, 5.41) is 0.849. The first kappa shape index (κ1) is 12.2. The van der Waals surface area contributed by atoms with Crippen LogP contribution in [0.1, 0.15) is 11.1 Å². The van der Waals surface area contributed by atoms with Crippen LogP contribution in [0.2, 0.25) is 0 Å². The van der Waals surface area contributed by atoms with E-state index >= 15 is 0 Å². The van der Waals surface area contributed by atoms with Gasteiger partial charge in [0.1, 0.15) is 0 Å². The average molecular weight is 266 g/mol. The number of rotatable bonds is 3. The fraction of sp³-hybridized carbons (Fsp3) is 0.125. The third kappa shape index (κ3) is 2.93. The summed E-state index contributed by atoms with van der Waals surface area (Å²) in [6.07, 6.45) is 0. The van der Waals surface area contributed by atoms with Crippen molar-refractivity contribution in [2.75, 3.05) is 0 Å². The van der Waals surface area contributed by atoms with Crippen molar-refractivity contribution in [3.63, 3.8) is 0 Å². The van der Waals surface area contributed by atoms with E-state index in [1.165, 1.54) is 11.1 Å². The number of imidazole rings is 1. The molecule has 1 aliphatic carbocycles. The zero-order valence-electron chi connectivity index (χ0n) is 10.7. The summed E-state index contributed by atoms with van der Waals surface area (Å²) in [6.45, 7) is 2.10. The zero-order chi connectivity index (χ0) is 13.1. The lowest BCUT2D eigenvalue weighted by Gasteiger charge is -1.99. The minimum atomic E-state index is 0.849. The first-order valence-electron chi connectivity index (χ1n) is 6.22. The van der Waals surface area contributed by atoms with Gasteiger partial charge in [-0.2, -0.15) is 0 Å². The SMILES string of the molecule is Cc1ccc(CSc2nc3cccccc-3n2)cc1. The Morgan fingerprint density at radius 1 is 0.842 bits per heavy atom. The van der Waals surface area contributed by atoms with Crippen molar-refractivity contribution in [1.29, 1.82) is 0 Å². The number of benzene rings is 1. The summed E-state index contributed by atoms with van der Waals surface area (Å²) in [5.41, 5.74) is 4.50. The molecule has 0 fully saturated rings. The Labute approximate surface area is 117 Å². The molecule has 1 aliphatic heterocycles.